The Morgan fingerprint density at radius 1 is 1.12 bits per heavy atom. The second-order valence-corrected chi connectivity index (χ2v) is 6.21. The van der Waals surface area contributed by atoms with Crippen LogP contribution in [-0.4, -0.2) is 28.8 Å². The van der Waals surface area contributed by atoms with Gasteiger partial charge in [0.25, 0.3) is 0 Å². The molecule has 0 saturated carbocycles. The topological polar surface area (TPSA) is 72.0 Å². The summed E-state index contributed by atoms with van der Waals surface area (Å²) in [6.45, 7) is 2.70. The van der Waals surface area contributed by atoms with Gasteiger partial charge in [0.05, 0.1) is 13.3 Å². The molecule has 1 aromatic heterocycles. The molecule has 0 aliphatic heterocycles. The van der Waals surface area contributed by atoms with Crippen molar-refractivity contribution in [3.05, 3.63) is 64.8 Å². The van der Waals surface area contributed by atoms with Crippen LogP contribution in [0.25, 0.3) is 0 Å². The van der Waals surface area contributed by atoms with Crippen LogP contribution in [0.5, 0.6) is 5.75 Å². The van der Waals surface area contributed by atoms with Crippen molar-refractivity contribution in [2.75, 3.05) is 24.3 Å². The molecule has 0 aliphatic rings. The number of benzene rings is 2. The molecule has 6 nitrogen and oxygen atoms in total. The van der Waals surface area contributed by atoms with E-state index >= 15 is 0 Å². The van der Waals surface area contributed by atoms with E-state index in [1.807, 2.05) is 49.4 Å². The van der Waals surface area contributed by atoms with Crippen molar-refractivity contribution in [3.63, 3.8) is 0 Å². The van der Waals surface area contributed by atoms with E-state index in [2.05, 4.69) is 25.8 Å². The number of nitrogens with zero attached hydrogens (tertiary/aromatic N) is 3. The zero-order chi connectivity index (χ0) is 18.4. The number of rotatable bonds is 7. The number of halogens is 1. The standard InChI is InChI=1S/C19H20ClN5O/c1-13-3-6-15(20)11-17(13)23-18-12-22-25-19(24-18)21-10-9-14-4-7-16(26-2)8-5-14/h3-8,11-12H,9-10H2,1-2H3,(H2,21,23,24,25). The molecule has 26 heavy (non-hydrogen) atoms. The minimum Gasteiger partial charge on any atom is -0.497 e. The predicted molar refractivity (Wildman–Crippen MR) is 104 cm³/mol. The lowest BCUT2D eigenvalue weighted by Gasteiger charge is -2.10. The first-order chi connectivity index (χ1) is 12.6. The zero-order valence-corrected chi connectivity index (χ0v) is 15.4. The van der Waals surface area contributed by atoms with Gasteiger partial charge in [0.1, 0.15) is 5.75 Å². The van der Waals surface area contributed by atoms with E-state index in [9.17, 15) is 0 Å². The highest BCUT2D eigenvalue weighted by Crippen LogP contribution is 2.23. The maximum Gasteiger partial charge on any atom is 0.244 e. The second kappa shape index (κ2) is 8.49. The van der Waals surface area contributed by atoms with Crippen LogP contribution < -0.4 is 15.4 Å². The lowest BCUT2D eigenvalue weighted by Crippen LogP contribution is -2.09. The van der Waals surface area contributed by atoms with Gasteiger partial charge in [0.2, 0.25) is 5.95 Å². The van der Waals surface area contributed by atoms with Crippen LogP contribution in [0.3, 0.4) is 0 Å². The summed E-state index contributed by atoms with van der Waals surface area (Å²) in [4.78, 5) is 4.44. The van der Waals surface area contributed by atoms with Gasteiger partial charge in [0.15, 0.2) is 5.82 Å². The molecule has 0 amide bonds. The van der Waals surface area contributed by atoms with Gasteiger partial charge in [-0.25, -0.2) is 0 Å². The molecule has 0 spiro atoms. The van der Waals surface area contributed by atoms with Crippen LogP contribution in [0, 0.1) is 6.92 Å². The van der Waals surface area contributed by atoms with Crippen molar-refractivity contribution in [3.8, 4) is 5.75 Å². The predicted octanol–water partition coefficient (Wildman–Crippen LogP) is 4.24. The number of aryl methyl sites for hydroxylation is 1. The largest absolute Gasteiger partial charge is 0.497 e. The molecular formula is C19H20ClN5O. The molecule has 0 saturated heterocycles. The van der Waals surface area contributed by atoms with Crippen LogP contribution in [-0.2, 0) is 6.42 Å². The second-order valence-electron chi connectivity index (χ2n) is 5.77. The van der Waals surface area contributed by atoms with E-state index in [0.29, 0.717) is 23.3 Å². The van der Waals surface area contributed by atoms with E-state index in [-0.39, 0.29) is 0 Å². The fourth-order valence-corrected chi connectivity index (χ4v) is 2.59. The molecule has 0 atom stereocenters. The SMILES string of the molecule is COc1ccc(CCNc2nncc(Nc3cc(Cl)ccc3C)n2)cc1. The normalized spacial score (nSPS) is 10.4. The summed E-state index contributed by atoms with van der Waals surface area (Å²) in [5.74, 6) is 1.94. The molecule has 0 unspecified atom stereocenters. The van der Waals surface area contributed by atoms with Gasteiger partial charge in [-0.1, -0.05) is 29.8 Å². The molecule has 3 rings (SSSR count). The number of methoxy groups -OCH3 is 1. The van der Waals surface area contributed by atoms with E-state index in [1.165, 1.54) is 5.56 Å². The Bertz CT molecular complexity index is 870. The van der Waals surface area contributed by atoms with Gasteiger partial charge in [-0.15, -0.1) is 5.10 Å². The first kappa shape index (κ1) is 17.9. The molecule has 134 valence electrons. The molecule has 2 aromatic carbocycles. The zero-order valence-electron chi connectivity index (χ0n) is 14.7. The number of ether oxygens (including phenoxy) is 1. The number of hydrogen-bond acceptors (Lipinski definition) is 6. The summed E-state index contributed by atoms with van der Waals surface area (Å²) < 4.78 is 5.16. The van der Waals surface area contributed by atoms with Gasteiger partial charge >= 0.3 is 0 Å². The molecule has 3 aromatic rings. The highest BCUT2D eigenvalue weighted by atomic mass is 35.5. The Hall–Kier alpha value is -2.86. The smallest absolute Gasteiger partial charge is 0.244 e. The summed E-state index contributed by atoms with van der Waals surface area (Å²) in [7, 11) is 1.66. The van der Waals surface area contributed by atoms with Crippen LogP contribution in [0.4, 0.5) is 17.5 Å². The third-order valence-corrected chi connectivity index (χ3v) is 4.11. The maximum absolute atomic E-state index is 6.05. The van der Waals surface area contributed by atoms with Gasteiger partial charge in [-0.3, -0.25) is 0 Å². The van der Waals surface area contributed by atoms with E-state index in [0.717, 1.165) is 23.4 Å². The third kappa shape index (κ3) is 4.83. The Morgan fingerprint density at radius 2 is 1.92 bits per heavy atom. The van der Waals surface area contributed by atoms with E-state index in [4.69, 9.17) is 16.3 Å². The first-order valence-electron chi connectivity index (χ1n) is 8.24. The van der Waals surface area contributed by atoms with Crippen molar-refractivity contribution in [1.29, 1.82) is 0 Å². The Balaban J connectivity index is 1.59. The average Bonchev–Trinajstić information content (AvgIpc) is 2.66. The molecular weight excluding hydrogens is 350 g/mol. The van der Waals surface area contributed by atoms with Crippen LogP contribution >= 0.6 is 11.6 Å². The lowest BCUT2D eigenvalue weighted by atomic mass is 10.1. The van der Waals surface area contributed by atoms with Gasteiger partial charge in [-0.05, 0) is 48.7 Å². The lowest BCUT2D eigenvalue weighted by molar-refractivity contribution is 0.414. The molecule has 1 heterocycles. The summed E-state index contributed by atoms with van der Waals surface area (Å²) >= 11 is 6.05. The number of aromatic nitrogens is 3. The molecule has 2 N–H and O–H groups in total. The minimum atomic E-state index is 0.475. The van der Waals surface area contributed by atoms with Crippen molar-refractivity contribution in [2.45, 2.75) is 13.3 Å². The maximum atomic E-state index is 6.05. The molecule has 7 heteroatoms. The van der Waals surface area contributed by atoms with Gasteiger partial charge in [-0.2, -0.15) is 10.1 Å². The first-order valence-corrected chi connectivity index (χ1v) is 8.61. The van der Waals surface area contributed by atoms with Crippen molar-refractivity contribution < 1.29 is 4.74 Å². The van der Waals surface area contributed by atoms with Crippen molar-refractivity contribution >= 4 is 29.1 Å². The summed E-state index contributed by atoms with van der Waals surface area (Å²) in [6, 6.07) is 13.6. The van der Waals surface area contributed by atoms with Gasteiger partial charge in [0, 0.05) is 17.3 Å². The molecule has 0 bridgehead atoms. The quantitative estimate of drug-likeness (QED) is 0.649. The van der Waals surface area contributed by atoms with Crippen LogP contribution in [0.2, 0.25) is 5.02 Å². The summed E-state index contributed by atoms with van der Waals surface area (Å²) in [6.07, 6.45) is 2.42. The van der Waals surface area contributed by atoms with E-state index < -0.39 is 0 Å². The fraction of sp³-hybridized carbons (Fsp3) is 0.211. The van der Waals surface area contributed by atoms with Crippen LogP contribution in [0.15, 0.2) is 48.7 Å². The number of hydrogen-bond donors (Lipinski definition) is 2. The highest BCUT2D eigenvalue weighted by molar-refractivity contribution is 6.30. The van der Waals surface area contributed by atoms with Crippen molar-refractivity contribution in [2.24, 2.45) is 0 Å². The third-order valence-electron chi connectivity index (χ3n) is 3.88. The van der Waals surface area contributed by atoms with E-state index in [1.54, 1.807) is 13.3 Å². The summed E-state index contributed by atoms with van der Waals surface area (Å²) in [5, 5.41) is 15.1. The van der Waals surface area contributed by atoms with Crippen LogP contribution in [0.1, 0.15) is 11.1 Å². The fourth-order valence-electron chi connectivity index (χ4n) is 2.42. The monoisotopic (exact) mass is 369 g/mol. The molecule has 0 radical (unpaired) electrons. The Kier molecular flexibility index (Phi) is 5.86. The Morgan fingerprint density at radius 3 is 2.69 bits per heavy atom. The number of nitrogens with one attached hydrogen (secondary N) is 2. The molecule has 0 aliphatic carbocycles. The number of anilines is 3. The average molecular weight is 370 g/mol. The summed E-state index contributed by atoms with van der Waals surface area (Å²) in [5.41, 5.74) is 3.17. The molecule has 0 fully saturated rings. The minimum absolute atomic E-state index is 0.475. The highest BCUT2D eigenvalue weighted by Gasteiger charge is 2.04. The van der Waals surface area contributed by atoms with Crippen molar-refractivity contribution in [1.82, 2.24) is 15.2 Å². The Labute approximate surface area is 157 Å². The van der Waals surface area contributed by atoms with Gasteiger partial charge < -0.3 is 15.4 Å².